The maximum Gasteiger partial charge on any atom is 0.330 e. The summed E-state index contributed by atoms with van der Waals surface area (Å²) in [5.74, 6) is -4.94. The predicted molar refractivity (Wildman–Crippen MR) is 94.7 cm³/mol. The second-order valence-electron chi connectivity index (χ2n) is 5.85. The fourth-order valence-electron chi connectivity index (χ4n) is 2.28. The van der Waals surface area contributed by atoms with Gasteiger partial charge in [0, 0.05) is 23.4 Å². The molecule has 2 aromatic carbocycles. The molecule has 7 nitrogen and oxygen atoms in total. The molecule has 0 spiro atoms. The van der Waals surface area contributed by atoms with E-state index in [0.717, 1.165) is 6.07 Å². The van der Waals surface area contributed by atoms with E-state index in [1.54, 1.807) is 0 Å². The van der Waals surface area contributed by atoms with Gasteiger partial charge in [-0.05, 0) is 23.8 Å². The zero-order valence-corrected chi connectivity index (χ0v) is 15.0. The SMILES string of the molecule is COc1cc(C(=O)Nc2cccc(COCC(F)(F)C(F)F)c2)ccc1[N+](=O)[O-]. The van der Waals surface area contributed by atoms with Gasteiger partial charge in [-0.3, -0.25) is 14.9 Å². The molecule has 0 unspecified atom stereocenters. The molecule has 1 N–H and O–H groups in total. The van der Waals surface area contributed by atoms with Crippen LogP contribution in [-0.2, 0) is 11.3 Å². The van der Waals surface area contributed by atoms with E-state index in [9.17, 15) is 32.5 Å². The highest BCUT2D eigenvalue weighted by atomic mass is 19.3. The average Bonchev–Trinajstić information content (AvgIpc) is 2.67. The number of rotatable bonds is 9. The molecule has 0 atom stereocenters. The zero-order chi connectivity index (χ0) is 21.6. The second-order valence-corrected chi connectivity index (χ2v) is 5.85. The fourth-order valence-corrected chi connectivity index (χ4v) is 2.28. The van der Waals surface area contributed by atoms with Gasteiger partial charge in [-0.1, -0.05) is 12.1 Å². The Morgan fingerprint density at radius 1 is 1.24 bits per heavy atom. The number of benzene rings is 2. The Balaban J connectivity index is 2.04. The molecule has 0 aromatic heterocycles. The van der Waals surface area contributed by atoms with Crippen molar-refractivity contribution in [1.82, 2.24) is 0 Å². The third-order valence-corrected chi connectivity index (χ3v) is 3.71. The summed E-state index contributed by atoms with van der Waals surface area (Å²) >= 11 is 0. The van der Waals surface area contributed by atoms with E-state index in [2.05, 4.69) is 10.1 Å². The van der Waals surface area contributed by atoms with Crippen LogP contribution in [0.3, 0.4) is 0 Å². The number of nitrogens with one attached hydrogen (secondary N) is 1. The van der Waals surface area contributed by atoms with Gasteiger partial charge in [0.05, 0.1) is 18.6 Å². The van der Waals surface area contributed by atoms with Gasteiger partial charge in [0.25, 0.3) is 5.91 Å². The number of nitro benzene ring substituents is 1. The number of ether oxygens (including phenoxy) is 2. The number of halogens is 4. The van der Waals surface area contributed by atoms with Crippen molar-refractivity contribution in [2.24, 2.45) is 0 Å². The van der Waals surface area contributed by atoms with Gasteiger partial charge in [0.15, 0.2) is 5.75 Å². The minimum atomic E-state index is -4.25. The molecule has 0 saturated heterocycles. The van der Waals surface area contributed by atoms with Crippen LogP contribution in [0.5, 0.6) is 5.75 Å². The van der Waals surface area contributed by atoms with Crippen LogP contribution in [0.4, 0.5) is 28.9 Å². The topological polar surface area (TPSA) is 90.7 Å². The Morgan fingerprint density at radius 2 is 1.97 bits per heavy atom. The summed E-state index contributed by atoms with van der Waals surface area (Å²) in [4.78, 5) is 22.6. The van der Waals surface area contributed by atoms with Crippen LogP contribution in [0.25, 0.3) is 0 Å². The number of carbonyl (C=O) groups excluding carboxylic acids is 1. The third-order valence-electron chi connectivity index (χ3n) is 3.71. The van der Waals surface area contributed by atoms with E-state index >= 15 is 0 Å². The molecule has 0 aliphatic carbocycles. The normalized spacial score (nSPS) is 11.4. The highest BCUT2D eigenvalue weighted by Gasteiger charge is 2.40. The fraction of sp³-hybridized carbons (Fsp3) is 0.278. The first-order chi connectivity index (χ1) is 13.6. The van der Waals surface area contributed by atoms with Gasteiger partial charge in [0.1, 0.15) is 6.61 Å². The lowest BCUT2D eigenvalue weighted by molar-refractivity contribution is -0.385. The number of hydrogen-bond donors (Lipinski definition) is 1. The van der Waals surface area contributed by atoms with E-state index in [1.807, 2.05) is 0 Å². The van der Waals surface area contributed by atoms with Crippen molar-refractivity contribution in [3.63, 3.8) is 0 Å². The number of anilines is 1. The molecule has 156 valence electrons. The number of carbonyl (C=O) groups is 1. The lowest BCUT2D eigenvalue weighted by Gasteiger charge is -2.15. The van der Waals surface area contributed by atoms with Crippen molar-refractivity contribution in [2.45, 2.75) is 19.0 Å². The van der Waals surface area contributed by atoms with Crippen molar-refractivity contribution >= 4 is 17.3 Å². The first-order valence-electron chi connectivity index (χ1n) is 8.10. The molecule has 0 bridgehead atoms. The van der Waals surface area contributed by atoms with Crippen LogP contribution in [0.15, 0.2) is 42.5 Å². The number of nitro groups is 1. The van der Waals surface area contributed by atoms with Gasteiger partial charge in [-0.15, -0.1) is 0 Å². The number of amides is 1. The maximum absolute atomic E-state index is 12.8. The van der Waals surface area contributed by atoms with Crippen LogP contribution >= 0.6 is 0 Å². The molecule has 0 aliphatic heterocycles. The predicted octanol–water partition coefficient (Wildman–Crippen LogP) is 4.27. The van der Waals surface area contributed by atoms with Crippen LogP contribution in [0, 0.1) is 10.1 Å². The molecule has 1 amide bonds. The van der Waals surface area contributed by atoms with E-state index < -0.39 is 29.8 Å². The highest BCUT2D eigenvalue weighted by Crippen LogP contribution is 2.28. The first kappa shape index (κ1) is 22.1. The largest absolute Gasteiger partial charge is 0.490 e. The van der Waals surface area contributed by atoms with Crippen LogP contribution in [0.1, 0.15) is 15.9 Å². The summed E-state index contributed by atoms with van der Waals surface area (Å²) in [6.07, 6.45) is -3.83. The third kappa shape index (κ3) is 5.88. The van der Waals surface area contributed by atoms with E-state index in [1.165, 1.54) is 43.5 Å². The van der Waals surface area contributed by atoms with Crippen LogP contribution < -0.4 is 10.1 Å². The first-order valence-corrected chi connectivity index (χ1v) is 8.10. The number of hydrogen-bond acceptors (Lipinski definition) is 5. The average molecular weight is 416 g/mol. The molecule has 2 rings (SSSR count). The molecule has 0 fully saturated rings. The highest BCUT2D eigenvalue weighted by molar-refractivity contribution is 6.04. The Kier molecular flexibility index (Phi) is 7.10. The number of nitrogens with zero attached hydrogens (tertiary/aromatic N) is 1. The molecular weight excluding hydrogens is 400 g/mol. The van der Waals surface area contributed by atoms with Gasteiger partial charge in [0.2, 0.25) is 0 Å². The Labute approximate surface area is 162 Å². The molecule has 0 radical (unpaired) electrons. The van der Waals surface area contributed by atoms with Gasteiger partial charge < -0.3 is 14.8 Å². The van der Waals surface area contributed by atoms with E-state index in [-0.39, 0.29) is 29.3 Å². The minimum Gasteiger partial charge on any atom is -0.490 e. The standard InChI is InChI=1S/C18H16F4N2O5/c1-28-15-8-12(5-6-14(15)24(26)27)16(25)23-13-4-2-3-11(7-13)9-29-10-18(21,22)17(19)20/h2-8,17H,9-10H2,1H3,(H,23,25). The van der Waals surface area contributed by atoms with Crippen molar-refractivity contribution in [1.29, 1.82) is 0 Å². The van der Waals surface area contributed by atoms with Gasteiger partial charge >= 0.3 is 18.0 Å². The quantitative estimate of drug-likeness (QED) is 0.375. The van der Waals surface area contributed by atoms with Crippen molar-refractivity contribution in [2.75, 3.05) is 19.0 Å². The van der Waals surface area contributed by atoms with Gasteiger partial charge in [-0.2, -0.15) is 8.78 Å². The Morgan fingerprint density at radius 3 is 2.59 bits per heavy atom. The summed E-state index contributed by atoms with van der Waals surface area (Å²) in [7, 11) is 1.23. The van der Waals surface area contributed by atoms with Crippen LogP contribution in [-0.4, -0.2) is 36.9 Å². The Hall–Kier alpha value is -3.21. The zero-order valence-electron chi connectivity index (χ0n) is 15.0. The summed E-state index contributed by atoms with van der Waals surface area (Å²) < 4.78 is 59.4. The molecule has 11 heteroatoms. The number of methoxy groups -OCH3 is 1. The Bertz CT molecular complexity index is 892. The lowest BCUT2D eigenvalue weighted by atomic mass is 10.1. The van der Waals surface area contributed by atoms with Gasteiger partial charge in [-0.25, -0.2) is 8.78 Å². The van der Waals surface area contributed by atoms with E-state index in [4.69, 9.17) is 4.74 Å². The lowest BCUT2D eigenvalue weighted by Crippen LogP contribution is -2.32. The smallest absolute Gasteiger partial charge is 0.330 e. The molecule has 29 heavy (non-hydrogen) atoms. The minimum absolute atomic E-state index is 0.0886. The summed E-state index contributed by atoms with van der Waals surface area (Å²) in [6, 6.07) is 9.52. The van der Waals surface area contributed by atoms with Crippen molar-refractivity contribution in [3.05, 3.63) is 63.7 Å². The summed E-state index contributed by atoms with van der Waals surface area (Å²) in [5.41, 5.74) is 0.442. The second kappa shape index (κ2) is 9.32. The summed E-state index contributed by atoms with van der Waals surface area (Å²) in [6.45, 7) is -1.80. The molecule has 0 heterocycles. The molecule has 2 aromatic rings. The molecule has 0 aliphatic rings. The van der Waals surface area contributed by atoms with Crippen molar-refractivity contribution in [3.8, 4) is 5.75 Å². The van der Waals surface area contributed by atoms with E-state index in [0.29, 0.717) is 5.56 Å². The monoisotopic (exact) mass is 416 g/mol. The maximum atomic E-state index is 12.8. The van der Waals surface area contributed by atoms with Crippen molar-refractivity contribution < 1.29 is 36.8 Å². The summed E-state index contributed by atoms with van der Waals surface area (Å²) in [5, 5.41) is 13.4. The molecule has 0 saturated carbocycles. The molecular formula is C18H16F4N2O5. The van der Waals surface area contributed by atoms with Crippen LogP contribution in [0.2, 0.25) is 0 Å². The number of alkyl halides is 4.